The minimum absolute atomic E-state index is 0.471. The van der Waals surface area contributed by atoms with Gasteiger partial charge in [0.15, 0.2) is 0 Å². The van der Waals surface area contributed by atoms with E-state index >= 15 is 0 Å². The Morgan fingerprint density at radius 2 is 0.479 bits per heavy atom. The first-order chi connectivity index (χ1) is 69.5. The van der Waals surface area contributed by atoms with Crippen molar-refractivity contribution in [3.8, 4) is 221 Å². The molecule has 22 aromatic carbocycles. The zero-order valence-corrected chi connectivity index (χ0v) is 80.2. The first-order valence-corrected chi connectivity index (χ1v) is 48.0. The molecule has 22 aromatic rings. The molecule has 0 saturated carbocycles. The highest BCUT2D eigenvalue weighted by Crippen LogP contribution is 2.52. The Bertz CT molecular complexity index is 9250. The predicted octanol–water partition coefficient (Wildman–Crippen LogP) is 33.5. The third-order valence-corrected chi connectivity index (χ3v) is 28.7. The Hall–Kier alpha value is -18.1. The van der Waals surface area contributed by atoms with Crippen LogP contribution in [0.15, 0.2) is 417 Å². The number of hydrogen-bond donors (Lipinski definition) is 0. The molecule has 0 unspecified atom stereocenters. The summed E-state index contributed by atoms with van der Waals surface area (Å²) in [5.41, 5.74) is 28.8. The Morgan fingerprint density at radius 3 is 0.852 bits per heavy atom. The summed E-state index contributed by atoms with van der Waals surface area (Å²) in [5, 5.41) is 19.9. The summed E-state index contributed by atoms with van der Waals surface area (Å²) >= 11 is 3.67. The third kappa shape index (κ3) is 16.3. The summed E-state index contributed by atoms with van der Waals surface area (Å²) in [5.74, 6) is 22.2. The zero-order valence-electron chi connectivity index (χ0n) is 78.7. The first-order valence-electron chi connectivity index (χ1n) is 47.2. The van der Waals surface area contributed by atoms with Crippen LogP contribution in [0.1, 0.15) is 72.2 Å². The minimum Gasteiger partial charge on any atom is -0.399 e. The molecule has 142 heavy (non-hydrogen) atoms. The van der Waals surface area contributed by atoms with Gasteiger partial charge in [-0.05, 0) is 302 Å². The molecule has 1 heterocycles. The molecule has 0 spiro atoms. The number of hydrogen-bond acceptors (Lipinski definition) is 2. The second-order valence-electron chi connectivity index (χ2n) is 36.5. The molecule has 0 aromatic heterocycles. The average Bonchev–Trinajstić information content (AvgIpc) is 0.973. The van der Waals surface area contributed by atoms with Crippen LogP contribution in [0.2, 0.25) is 0 Å². The molecule has 0 atom stereocenters. The van der Waals surface area contributed by atoms with E-state index in [-0.39, 0.29) is 0 Å². The molecule has 1 aliphatic heterocycles. The van der Waals surface area contributed by atoms with Crippen molar-refractivity contribution in [3.05, 3.63) is 461 Å². The monoisotopic (exact) mass is 1870 g/mol. The molecule has 0 radical (unpaired) electrons. The van der Waals surface area contributed by atoms with Gasteiger partial charge in [0.2, 0.25) is 0 Å². The van der Waals surface area contributed by atoms with Crippen LogP contribution in [0.5, 0.6) is 0 Å². The highest BCUT2D eigenvalue weighted by atomic mass is 79.9. The highest BCUT2D eigenvalue weighted by Gasteiger charge is 2.52. The van der Waals surface area contributed by atoms with Crippen molar-refractivity contribution in [3.63, 3.8) is 0 Å². The van der Waals surface area contributed by atoms with Crippen LogP contribution in [0.3, 0.4) is 0 Å². The number of benzene rings is 22. The molecule has 1 fully saturated rings. The van der Waals surface area contributed by atoms with E-state index in [0.29, 0.717) is 44.5 Å². The largest absolute Gasteiger partial charge is 0.494 e. The van der Waals surface area contributed by atoms with Gasteiger partial charge in [0.1, 0.15) is 0 Å². The van der Waals surface area contributed by atoms with Crippen LogP contribution in [0.25, 0.3) is 209 Å². The molecular formula is C138H88BBrO2. The molecule has 0 bridgehead atoms. The van der Waals surface area contributed by atoms with Crippen molar-refractivity contribution in [1.82, 2.24) is 0 Å². The molecule has 23 rings (SSSR count). The smallest absolute Gasteiger partial charge is 0.399 e. The lowest BCUT2D eigenvalue weighted by molar-refractivity contribution is 0.00578. The Kier molecular flexibility index (Phi) is 24.2. The highest BCUT2D eigenvalue weighted by molar-refractivity contribution is 9.10. The van der Waals surface area contributed by atoms with Gasteiger partial charge in [-0.15, -0.1) is 51.4 Å². The van der Waals surface area contributed by atoms with E-state index in [2.05, 4.69) is 385 Å². The molecule has 1 aliphatic rings. The lowest BCUT2D eigenvalue weighted by atomic mass is 9.75. The van der Waals surface area contributed by atoms with Crippen LogP contribution in [-0.4, -0.2) is 18.3 Å². The molecule has 0 amide bonds. The molecule has 1 saturated heterocycles. The molecule has 0 N–H and O–H groups in total. The van der Waals surface area contributed by atoms with E-state index in [0.717, 1.165) is 76.7 Å². The quantitative estimate of drug-likeness (QED) is 0.0689. The van der Waals surface area contributed by atoms with E-state index in [1.807, 2.05) is 119 Å². The van der Waals surface area contributed by atoms with Gasteiger partial charge in [-0.3, -0.25) is 0 Å². The van der Waals surface area contributed by atoms with Crippen LogP contribution < -0.4 is 5.46 Å². The van der Waals surface area contributed by atoms with E-state index in [4.69, 9.17) is 60.7 Å². The van der Waals surface area contributed by atoms with Gasteiger partial charge >= 0.3 is 7.12 Å². The van der Waals surface area contributed by atoms with Crippen LogP contribution >= 0.6 is 15.9 Å². The van der Waals surface area contributed by atoms with Crippen molar-refractivity contribution in [2.75, 3.05) is 0 Å². The minimum atomic E-state index is -0.540. The normalized spacial score (nSPS) is 12.2. The van der Waals surface area contributed by atoms with Gasteiger partial charge in [-0.1, -0.05) is 415 Å². The second kappa shape index (κ2) is 38.1. The maximum atomic E-state index is 6.32. The van der Waals surface area contributed by atoms with Gasteiger partial charge in [-0.25, -0.2) is 0 Å². The third-order valence-electron chi connectivity index (χ3n) is 28.2. The summed E-state index contributed by atoms with van der Waals surface area (Å²) in [6.45, 7) is 8.11. The summed E-state index contributed by atoms with van der Waals surface area (Å²) in [4.78, 5) is 0. The van der Waals surface area contributed by atoms with Crippen LogP contribution in [0.4, 0.5) is 0 Å². The van der Waals surface area contributed by atoms with Gasteiger partial charge < -0.3 is 9.31 Å². The fourth-order valence-corrected chi connectivity index (χ4v) is 21.1. The average molecular weight is 1870 g/mol. The van der Waals surface area contributed by atoms with Crippen molar-refractivity contribution in [2.45, 2.75) is 38.9 Å². The summed E-state index contributed by atoms with van der Waals surface area (Å²) in [6.07, 6.45) is 47.5. The second-order valence-corrected chi connectivity index (χ2v) is 37.4. The Labute approximate surface area is 839 Å². The lowest BCUT2D eigenvalue weighted by Gasteiger charge is -2.32. The number of fused-ring (bicyclic) bond motifs is 8. The van der Waals surface area contributed by atoms with Crippen LogP contribution in [0, 0.1) is 98.8 Å². The maximum Gasteiger partial charge on any atom is 0.494 e. The summed E-state index contributed by atoms with van der Waals surface area (Å²) in [6, 6.07) is 146. The molecule has 662 valence electrons. The molecular weight excluding hydrogens is 1780 g/mol. The maximum absolute atomic E-state index is 6.32. The van der Waals surface area contributed by atoms with E-state index in [1.54, 1.807) is 0 Å². The molecule has 2 nitrogen and oxygen atoms in total. The zero-order chi connectivity index (χ0) is 97.4. The van der Waals surface area contributed by atoms with Crippen LogP contribution in [-0.2, 0) is 9.31 Å². The van der Waals surface area contributed by atoms with Gasteiger partial charge in [-0.2, -0.15) is 0 Å². The standard InChI is InChI=1S/C66H38.C40H25Br.C32H25BO2/c1-5-43-22-18-32-54(51(43)7-3)58-37-36-48(42-64(58)55-33-19-23-44(6-2)52(55)8-4)47-24-17-25-49(40-47)53-38-39-63(57-27-12-11-26-56(53)57)66-61-30-15-13-28-59(61)65(60-29-14-16-31-62(60)66)50-35-34-45-20-9-10-21-46(45)41-50;41-30-13-9-12-28(25-30)31-22-23-38(33-15-4-3-14-32(31)33)40-36-18-7-5-16-34(36)39(35-17-6-8-19-37(35)40)29-21-20-26-10-1-2-11-27(26)24-29;1-9-22-15-13-17-27(25(22)11-3)29-20-19-24(33-34-31(5,6)32(7,8)35-33)21-30(29)28-18-14-16-23(10-2)26(28)12-4/h1-4,9-42H;1-25H;1-4,13-21H,5-8H3. The topological polar surface area (TPSA) is 18.5 Å². The predicted molar refractivity (Wildman–Crippen MR) is 606 cm³/mol. The van der Waals surface area contributed by atoms with Gasteiger partial charge in [0, 0.05) is 49.0 Å². The lowest BCUT2D eigenvalue weighted by Crippen LogP contribution is -2.41. The van der Waals surface area contributed by atoms with Crippen molar-refractivity contribution < 1.29 is 9.31 Å². The number of terminal acetylenes is 8. The Balaban J connectivity index is 0.000000135. The van der Waals surface area contributed by atoms with E-state index in [9.17, 15) is 0 Å². The SMILES string of the molecule is Brc1cccc(-c2ccc(-c3c4ccccc4c(-c4ccc5ccccc5c4)c4ccccc34)c3ccccc23)c1.C#Cc1cccc(-c2ccc(-c3cccc(-c4ccc(-c5c6ccccc6c(-c6ccc7ccccc7c6)c6ccccc56)c5ccccc45)c3)cc2-c2cccc(C#C)c2C#C)c1C#C.C#Cc1cccc(-c2ccc(B3OC(C)(C)C(C)(C)O3)cc2-c2cccc(C#C)c2C#C)c1C#C. The van der Waals surface area contributed by atoms with E-state index in [1.165, 1.54) is 142 Å². The molecule has 0 aliphatic carbocycles. The number of rotatable bonds is 12. The fourth-order valence-electron chi connectivity index (χ4n) is 20.7. The number of halogens is 1. The van der Waals surface area contributed by atoms with Gasteiger partial charge in [0.05, 0.1) is 11.2 Å². The molecule has 4 heteroatoms. The summed E-state index contributed by atoms with van der Waals surface area (Å²) < 4.78 is 13.7. The van der Waals surface area contributed by atoms with E-state index < -0.39 is 18.3 Å². The van der Waals surface area contributed by atoms with Crippen molar-refractivity contribution in [1.29, 1.82) is 0 Å². The fraction of sp³-hybridized carbons (Fsp3) is 0.0435. The first kappa shape index (κ1) is 90.3. The van der Waals surface area contributed by atoms with Crippen molar-refractivity contribution in [2.24, 2.45) is 0 Å². The van der Waals surface area contributed by atoms with Crippen molar-refractivity contribution >= 4 is 115 Å². The summed E-state index contributed by atoms with van der Waals surface area (Å²) in [7, 11) is -0.540. The van der Waals surface area contributed by atoms with Gasteiger partial charge in [0.25, 0.3) is 0 Å². The Morgan fingerprint density at radius 1 is 0.197 bits per heavy atom.